The minimum Gasteiger partial charge on any atom is -0.486 e. The molecule has 3 aromatic heterocycles. The number of nitrogens with zero attached hydrogens (tertiary/aromatic N) is 6. The maximum absolute atomic E-state index is 12.7. The van der Waals surface area contributed by atoms with Crippen molar-refractivity contribution in [3.63, 3.8) is 0 Å². The lowest BCUT2D eigenvalue weighted by atomic mass is 10.0. The zero-order valence-corrected chi connectivity index (χ0v) is 22.8. The number of anilines is 2. The van der Waals surface area contributed by atoms with E-state index in [0.717, 1.165) is 51.8 Å². The Morgan fingerprint density at radius 2 is 2.18 bits per heavy atom. The van der Waals surface area contributed by atoms with Crippen LogP contribution in [0.3, 0.4) is 0 Å². The number of thiophene rings is 1. The van der Waals surface area contributed by atoms with Crippen molar-refractivity contribution in [1.29, 1.82) is 0 Å². The molecule has 0 aliphatic carbocycles. The average molecular weight is 550 g/mol. The van der Waals surface area contributed by atoms with Crippen molar-refractivity contribution in [2.75, 3.05) is 32.0 Å². The summed E-state index contributed by atoms with van der Waals surface area (Å²) in [6.07, 6.45) is 10.8. The summed E-state index contributed by atoms with van der Waals surface area (Å²) in [5.74, 6) is 1.32. The molecule has 1 aliphatic heterocycles. The number of hydrogen-bond donors (Lipinski definition) is 1. The van der Waals surface area contributed by atoms with E-state index in [4.69, 9.17) is 16.3 Å². The van der Waals surface area contributed by atoms with Crippen molar-refractivity contribution in [2.24, 2.45) is 0 Å². The highest BCUT2D eigenvalue weighted by Gasteiger charge is 2.25. The standard InChI is InChI=1S/C27H28ClN7O2S/c1-3-34(2)11-4-5-24(36)35-12-8-20-23(15-35)38-27-25(20)26(31-17-32-27)33-18-6-7-22(21(28)13-18)37-16-19-14-29-9-10-30-19/h4-7,9-10,13-14,17H,3,8,11-12,15-16H2,1-2H3,(H,31,32,33)/b5-4+. The van der Waals surface area contributed by atoms with Crippen molar-refractivity contribution < 1.29 is 9.53 Å². The molecule has 1 amide bonds. The summed E-state index contributed by atoms with van der Waals surface area (Å²) < 4.78 is 5.81. The van der Waals surface area contributed by atoms with Crippen LogP contribution in [-0.2, 0) is 24.4 Å². The van der Waals surface area contributed by atoms with Gasteiger partial charge < -0.3 is 19.9 Å². The van der Waals surface area contributed by atoms with Gasteiger partial charge in [0.15, 0.2) is 0 Å². The Balaban J connectivity index is 1.30. The molecule has 0 spiro atoms. The van der Waals surface area contributed by atoms with E-state index in [0.29, 0.717) is 23.9 Å². The summed E-state index contributed by atoms with van der Waals surface area (Å²) >= 11 is 8.12. The molecule has 4 aromatic rings. The molecule has 0 unspecified atom stereocenters. The molecule has 1 N–H and O–H groups in total. The maximum atomic E-state index is 12.7. The number of carbonyl (C=O) groups excluding carboxylic acids is 1. The third-order valence-electron chi connectivity index (χ3n) is 6.35. The number of ether oxygens (including phenoxy) is 1. The largest absolute Gasteiger partial charge is 0.486 e. The first-order valence-electron chi connectivity index (χ1n) is 12.3. The zero-order valence-electron chi connectivity index (χ0n) is 21.2. The Bertz CT molecular complexity index is 1460. The first-order chi connectivity index (χ1) is 18.5. The Morgan fingerprint density at radius 1 is 1.29 bits per heavy atom. The van der Waals surface area contributed by atoms with Gasteiger partial charge in [-0.15, -0.1) is 11.3 Å². The van der Waals surface area contributed by atoms with Crippen LogP contribution in [0.2, 0.25) is 5.02 Å². The number of fused-ring (bicyclic) bond motifs is 3. The molecule has 1 aliphatic rings. The summed E-state index contributed by atoms with van der Waals surface area (Å²) in [7, 11) is 2.03. The highest BCUT2D eigenvalue weighted by atomic mass is 35.5. The van der Waals surface area contributed by atoms with E-state index in [1.807, 2.05) is 36.2 Å². The summed E-state index contributed by atoms with van der Waals surface area (Å²) in [6, 6.07) is 5.52. The quantitative estimate of drug-likeness (QED) is 0.296. The van der Waals surface area contributed by atoms with Gasteiger partial charge in [-0.25, -0.2) is 9.97 Å². The molecule has 11 heteroatoms. The minimum absolute atomic E-state index is 0.0401. The van der Waals surface area contributed by atoms with Gasteiger partial charge in [0.25, 0.3) is 0 Å². The number of carbonyl (C=O) groups is 1. The van der Waals surface area contributed by atoms with Crippen LogP contribution in [0.15, 0.2) is 55.3 Å². The number of nitrogens with one attached hydrogen (secondary N) is 1. The molecule has 0 fully saturated rings. The van der Waals surface area contributed by atoms with E-state index in [2.05, 4.69) is 37.1 Å². The normalized spacial score (nSPS) is 13.3. The fraction of sp³-hybridized carbons (Fsp3) is 0.296. The van der Waals surface area contributed by atoms with Crippen LogP contribution in [0.1, 0.15) is 23.1 Å². The van der Waals surface area contributed by atoms with Crippen molar-refractivity contribution in [3.05, 3.63) is 76.4 Å². The fourth-order valence-electron chi connectivity index (χ4n) is 4.17. The lowest BCUT2D eigenvalue weighted by molar-refractivity contribution is -0.126. The molecule has 0 radical (unpaired) electrons. The zero-order chi connectivity index (χ0) is 26.5. The second-order valence-electron chi connectivity index (χ2n) is 8.93. The van der Waals surface area contributed by atoms with Gasteiger partial charge in [0.1, 0.15) is 29.3 Å². The molecule has 0 atom stereocenters. The second kappa shape index (κ2) is 11.8. The Kier molecular flexibility index (Phi) is 8.11. The van der Waals surface area contributed by atoms with E-state index in [1.165, 1.54) is 5.56 Å². The average Bonchev–Trinajstić information content (AvgIpc) is 3.32. The molecule has 38 heavy (non-hydrogen) atoms. The highest BCUT2D eigenvalue weighted by molar-refractivity contribution is 7.19. The van der Waals surface area contributed by atoms with E-state index >= 15 is 0 Å². The molecule has 1 aromatic carbocycles. The van der Waals surface area contributed by atoms with Crippen LogP contribution in [0.4, 0.5) is 11.5 Å². The molecule has 5 rings (SSSR count). The predicted octanol–water partition coefficient (Wildman–Crippen LogP) is 4.85. The summed E-state index contributed by atoms with van der Waals surface area (Å²) in [6.45, 7) is 5.30. The number of rotatable bonds is 9. The number of hydrogen-bond acceptors (Lipinski definition) is 9. The topological polar surface area (TPSA) is 96.4 Å². The highest BCUT2D eigenvalue weighted by Crippen LogP contribution is 2.38. The number of likely N-dealkylation sites (N-methyl/N-ethyl adjacent to an activating group) is 1. The first-order valence-corrected chi connectivity index (χ1v) is 13.5. The van der Waals surface area contributed by atoms with Crippen molar-refractivity contribution in [3.8, 4) is 5.75 Å². The monoisotopic (exact) mass is 549 g/mol. The molecular weight excluding hydrogens is 522 g/mol. The van der Waals surface area contributed by atoms with Crippen LogP contribution in [-0.4, -0.2) is 62.3 Å². The SMILES string of the molecule is CCN(C)C/C=C/C(=O)N1CCc2c(sc3ncnc(Nc4ccc(OCc5cnccn5)c(Cl)c4)c23)C1. The van der Waals surface area contributed by atoms with Gasteiger partial charge in [0.2, 0.25) is 5.91 Å². The van der Waals surface area contributed by atoms with Crippen molar-refractivity contribution in [2.45, 2.75) is 26.5 Å². The molecule has 0 saturated carbocycles. The molecule has 196 valence electrons. The smallest absolute Gasteiger partial charge is 0.246 e. The third kappa shape index (κ3) is 5.93. The number of aromatic nitrogens is 4. The van der Waals surface area contributed by atoms with Gasteiger partial charge in [-0.1, -0.05) is 24.6 Å². The van der Waals surface area contributed by atoms with E-state index < -0.39 is 0 Å². The Morgan fingerprint density at radius 3 is 2.97 bits per heavy atom. The molecule has 0 saturated heterocycles. The van der Waals surface area contributed by atoms with Crippen LogP contribution < -0.4 is 10.1 Å². The van der Waals surface area contributed by atoms with Crippen LogP contribution >= 0.6 is 22.9 Å². The summed E-state index contributed by atoms with van der Waals surface area (Å²) in [5.41, 5.74) is 2.70. The van der Waals surface area contributed by atoms with Crippen molar-refractivity contribution in [1.82, 2.24) is 29.7 Å². The van der Waals surface area contributed by atoms with Gasteiger partial charge in [0.05, 0.1) is 28.8 Å². The maximum Gasteiger partial charge on any atom is 0.246 e. The Hall–Kier alpha value is -3.60. The minimum atomic E-state index is 0.0401. The van der Waals surface area contributed by atoms with Gasteiger partial charge in [-0.05, 0) is 43.8 Å². The van der Waals surface area contributed by atoms with Crippen LogP contribution in [0.25, 0.3) is 10.2 Å². The van der Waals surface area contributed by atoms with Crippen LogP contribution in [0.5, 0.6) is 5.75 Å². The van der Waals surface area contributed by atoms with E-state index in [-0.39, 0.29) is 12.5 Å². The number of benzene rings is 1. The second-order valence-corrected chi connectivity index (χ2v) is 10.4. The summed E-state index contributed by atoms with van der Waals surface area (Å²) in [4.78, 5) is 36.1. The third-order valence-corrected chi connectivity index (χ3v) is 7.77. The van der Waals surface area contributed by atoms with Crippen molar-refractivity contribution >= 4 is 50.6 Å². The van der Waals surface area contributed by atoms with Gasteiger partial charge in [-0.2, -0.15) is 0 Å². The Labute approximate surface area is 230 Å². The molecule has 0 bridgehead atoms. The predicted molar refractivity (Wildman–Crippen MR) is 150 cm³/mol. The molecular formula is C27H28ClN7O2S. The number of amides is 1. The van der Waals surface area contributed by atoms with Gasteiger partial charge >= 0.3 is 0 Å². The lowest BCUT2D eigenvalue weighted by Gasteiger charge is -2.26. The van der Waals surface area contributed by atoms with Gasteiger partial charge in [0, 0.05) is 42.1 Å². The first kappa shape index (κ1) is 26.0. The number of halogens is 1. The van der Waals surface area contributed by atoms with E-state index in [9.17, 15) is 4.79 Å². The molecule has 9 nitrogen and oxygen atoms in total. The summed E-state index contributed by atoms with van der Waals surface area (Å²) in [5, 5.41) is 4.87. The fourth-order valence-corrected chi connectivity index (χ4v) is 5.61. The van der Waals surface area contributed by atoms with Crippen LogP contribution in [0, 0.1) is 0 Å². The lowest BCUT2D eigenvalue weighted by Crippen LogP contribution is -2.34. The molecule has 4 heterocycles. The van der Waals surface area contributed by atoms with Gasteiger partial charge in [-0.3, -0.25) is 14.8 Å². The van der Waals surface area contributed by atoms with E-state index in [1.54, 1.807) is 42.3 Å².